The van der Waals surface area contributed by atoms with Gasteiger partial charge in [0, 0.05) is 0 Å². The van der Waals surface area contributed by atoms with Crippen LogP contribution in [-0.2, 0) is 5.41 Å². The van der Waals surface area contributed by atoms with Crippen molar-refractivity contribution in [2.45, 2.75) is 26.2 Å². The van der Waals surface area contributed by atoms with Crippen molar-refractivity contribution in [3.8, 4) is 5.75 Å². The molecule has 0 spiro atoms. The normalized spacial score (nSPS) is 11.1. The summed E-state index contributed by atoms with van der Waals surface area (Å²) in [5.74, 6) is 0.535. The minimum absolute atomic E-state index is 0.0503. The lowest BCUT2D eigenvalue weighted by atomic mass is 9.87. The molecule has 0 N–H and O–H groups in total. The van der Waals surface area contributed by atoms with Crippen molar-refractivity contribution in [3.63, 3.8) is 0 Å². The average Bonchev–Trinajstić information content (AvgIpc) is 2.15. The first-order valence-electron chi connectivity index (χ1n) is 4.51. The summed E-state index contributed by atoms with van der Waals surface area (Å²) in [5.41, 5.74) is 1.52. The zero-order valence-electron chi connectivity index (χ0n) is 9.00. The Morgan fingerprint density at radius 1 is 1.29 bits per heavy atom. The Kier molecular flexibility index (Phi) is 2.89. The van der Waals surface area contributed by atoms with Crippen LogP contribution in [0.15, 0.2) is 23.4 Å². The second-order valence-electron chi connectivity index (χ2n) is 4.23. The molecule has 0 aromatic heterocycles. The maximum Gasteiger partial charge on any atom is 0.149 e. The number of nitroso groups, excluding NO2 is 1. The molecule has 1 aromatic carbocycles. The SMILES string of the molecule is COc1cc(C(C)(C)C)ccc1N=O. The van der Waals surface area contributed by atoms with Gasteiger partial charge >= 0.3 is 0 Å². The largest absolute Gasteiger partial charge is 0.494 e. The summed E-state index contributed by atoms with van der Waals surface area (Å²) in [6.07, 6.45) is 0. The van der Waals surface area contributed by atoms with Gasteiger partial charge in [-0.15, -0.1) is 4.91 Å². The summed E-state index contributed by atoms with van der Waals surface area (Å²) in [4.78, 5) is 10.4. The van der Waals surface area contributed by atoms with Crippen molar-refractivity contribution in [2.24, 2.45) is 5.18 Å². The van der Waals surface area contributed by atoms with Gasteiger partial charge in [-0.2, -0.15) is 0 Å². The van der Waals surface area contributed by atoms with E-state index < -0.39 is 0 Å². The van der Waals surface area contributed by atoms with E-state index in [-0.39, 0.29) is 5.41 Å². The van der Waals surface area contributed by atoms with E-state index in [0.29, 0.717) is 11.4 Å². The third kappa shape index (κ3) is 2.10. The minimum Gasteiger partial charge on any atom is -0.494 e. The highest BCUT2D eigenvalue weighted by molar-refractivity contribution is 5.54. The summed E-state index contributed by atoms with van der Waals surface area (Å²) in [6, 6.07) is 5.45. The predicted molar refractivity (Wildman–Crippen MR) is 57.1 cm³/mol. The van der Waals surface area contributed by atoms with Crippen LogP contribution >= 0.6 is 0 Å². The van der Waals surface area contributed by atoms with E-state index in [9.17, 15) is 4.91 Å². The van der Waals surface area contributed by atoms with Gasteiger partial charge in [0.1, 0.15) is 11.4 Å². The van der Waals surface area contributed by atoms with E-state index in [2.05, 4.69) is 25.9 Å². The molecule has 1 rings (SSSR count). The lowest BCUT2D eigenvalue weighted by molar-refractivity contribution is 0.414. The molecule has 0 radical (unpaired) electrons. The Balaban J connectivity index is 3.21. The maximum absolute atomic E-state index is 10.4. The molecule has 0 amide bonds. The van der Waals surface area contributed by atoms with Crippen LogP contribution in [0.5, 0.6) is 5.75 Å². The molecule has 14 heavy (non-hydrogen) atoms. The second kappa shape index (κ2) is 3.78. The molecule has 3 nitrogen and oxygen atoms in total. The molecule has 0 fully saturated rings. The number of ether oxygens (including phenoxy) is 1. The van der Waals surface area contributed by atoms with E-state index in [4.69, 9.17) is 4.74 Å². The molecular formula is C11H15NO2. The number of hydrogen-bond acceptors (Lipinski definition) is 3. The van der Waals surface area contributed by atoms with Crippen LogP contribution in [0, 0.1) is 4.91 Å². The second-order valence-corrected chi connectivity index (χ2v) is 4.23. The summed E-state index contributed by atoms with van der Waals surface area (Å²) in [7, 11) is 1.54. The zero-order valence-corrected chi connectivity index (χ0v) is 9.00. The van der Waals surface area contributed by atoms with Crippen molar-refractivity contribution in [1.82, 2.24) is 0 Å². The third-order valence-electron chi connectivity index (χ3n) is 2.14. The van der Waals surface area contributed by atoms with Gasteiger partial charge in [0.15, 0.2) is 0 Å². The Morgan fingerprint density at radius 2 is 1.93 bits per heavy atom. The number of hydrogen-bond donors (Lipinski definition) is 0. The number of methoxy groups -OCH3 is 1. The number of nitrogens with zero attached hydrogens (tertiary/aromatic N) is 1. The minimum atomic E-state index is 0.0503. The Morgan fingerprint density at radius 3 is 2.36 bits per heavy atom. The van der Waals surface area contributed by atoms with Crippen molar-refractivity contribution >= 4 is 5.69 Å². The van der Waals surface area contributed by atoms with Crippen LogP contribution in [0.3, 0.4) is 0 Å². The van der Waals surface area contributed by atoms with Gasteiger partial charge in [-0.3, -0.25) is 0 Å². The first kappa shape index (κ1) is 10.7. The lowest BCUT2D eigenvalue weighted by Gasteiger charge is -2.19. The van der Waals surface area contributed by atoms with E-state index in [1.807, 2.05) is 12.1 Å². The zero-order chi connectivity index (χ0) is 10.8. The van der Waals surface area contributed by atoms with Crippen molar-refractivity contribution in [2.75, 3.05) is 7.11 Å². The number of rotatable bonds is 2. The molecule has 3 heteroatoms. The van der Waals surface area contributed by atoms with Gasteiger partial charge in [0.25, 0.3) is 0 Å². The van der Waals surface area contributed by atoms with Crippen LogP contribution in [0.2, 0.25) is 0 Å². The van der Waals surface area contributed by atoms with E-state index in [0.717, 1.165) is 5.56 Å². The maximum atomic E-state index is 10.4. The molecular weight excluding hydrogens is 178 g/mol. The smallest absolute Gasteiger partial charge is 0.149 e. The summed E-state index contributed by atoms with van der Waals surface area (Å²) in [6.45, 7) is 6.32. The fraction of sp³-hybridized carbons (Fsp3) is 0.455. The molecule has 0 heterocycles. The molecule has 0 saturated carbocycles. The van der Waals surface area contributed by atoms with Gasteiger partial charge in [0.05, 0.1) is 7.11 Å². The Hall–Kier alpha value is -1.38. The van der Waals surface area contributed by atoms with E-state index >= 15 is 0 Å². The fourth-order valence-electron chi connectivity index (χ4n) is 1.22. The van der Waals surface area contributed by atoms with Crippen LogP contribution in [0.25, 0.3) is 0 Å². The van der Waals surface area contributed by atoms with Gasteiger partial charge in [-0.1, -0.05) is 26.8 Å². The van der Waals surface area contributed by atoms with Crippen molar-refractivity contribution < 1.29 is 4.74 Å². The first-order valence-corrected chi connectivity index (χ1v) is 4.51. The molecule has 0 aliphatic rings. The van der Waals surface area contributed by atoms with Crippen LogP contribution in [-0.4, -0.2) is 7.11 Å². The molecule has 0 atom stereocenters. The first-order chi connectivity index (χ1) is 6.49. The number of benzene rings is 1. The van der Waals surface area contributed by atoms with E-state index in [1.165, 1.54) is 7.11 Å². The lowest BCUT2D eigenvalue weighted by Crippen LogP contribution is -2.10. The van der Waals surface area contributed by atoms with E-state index in [1.54, 1.807) is 6.07 Å². The van der Waals surface area contributed by atoms with Gasteiger partial charge in [-0.25, -0.2) is 0 Å². The molecule has 0 saturated heterocycles. The molecule has 0 aliphatic carbocycles. The Labute approximate surface area is 84.1 Å². The summed E-state index contributed by atoms with van der Waals surface area (Å²) >= 11 is 0. The molecule has 0 unspecified atom stereocenters. The summed E-state index contributed by atoms with van der Waals surface area (Å²) in [5, 5.41) is 2.89. The van der Waals surface area contributed by atoms with Crippen molar-refractivity contribution in [1.29, 1.82) is 0 Å². The highest BCUT2D eigenvalue weighted by atomic mass is 16.5. The predicted octanol–water partition coefficient (Wildman–Crippen LogP) is 3.39. The molecule has 1 aromatic rings. The molecule has 76 valence electrons. The highest BCUT2D eigenvalue weighted by Gasteiger charge is 2.15. The highest BCUT2D eigenvalue weighted by Crippen LogP contribution is 2.32. The van der Waals surface area contributed by atoms with Gasteiger partial charge in [0.2, 0.25) is 0 Å². The van der Waals surface area contributed by atoms with Gasteiger partial charge < -0.3 is 4.74 Å². The quantitative estimate of drug-likeness (QED) is 0.675. The van der Waals surface area contributed by atoms with Crippen LogP contribution in [0.1, 0.15) is 26.3 Å². The molecule has 0 bridgehead atoms. The molecule has 0 aliphatic heterocycles. The summed E-state index contributed by atoms with van der Waals surface area (Å²) < 4.78 is 5.08. The standard InChI is InChI=1S/C11H15NO2/c1-11(2,3)8-5-6-9(12-13)10(7-8)14-4/h5-7H,1-4H3. The fourth-order valence-corrected chi connectivity index (χ4v) is 1.22. The average molecular weight is 193 g/mol. The van der Waals surface area contributed by atoms with Gasteiger partial charge in [-0.05, 0) is 28.3 Å². The third-order valence-corrected chi connectivity index (χ3v) is 2.14. The monoisotopic (exact) mass is 193 g/mol. The van der Waals surface area contributed by atoms with Crippen LogP contribution in [0.4, 0.5) is 5.69 Å². The van der Waals surface area contributed by atoms with Crippen LogP contribution < -0.4 is 4.74 Å². The Bertz CT molecular complexity index is 340. The van der Waals surface area contributed by atoms with Crippen molar-refractivity contribution in [3.05, 3.63) is 28.7 Å². The topological polar surface area (TPSA) is 38.7 Å².